The highest BCUT2D eigenvalue weighted by molar-refractivity contribution is 6.51. The first-order valence-corrected chi connectivity index (χ1v) is 12.5. The Hall–Kier alpha value is -4.13. The monoisotopic (exact) mass is 517 g/mol. The number of aliphatic hydroxyl groups is 1. The van der Waals surface area contributed by atoms with Gasteiger partial charge in [0.1, 0.15) is 23.1 Å². The fourth-order valence-corrected chi connectivity index (χ4v) is 4.53. The van der Waals surface area contributed by atoms with Gasteiger partial charge in [-0.1, -0.05) is 58.0 Å². The van der Waals surface area contributed by atoms with Crippen LogP contribution in [0.4, 0.5) is 10.1 Å². The van der Waals surface area contributed by atoms with E-state index in [0.29, 0.717) is 23.6 Å². The number of benzene rings is 3. The molecule has 1 aliphatic rings. The van der Waals surface area contributed by atoms with Crippen LogP contribution in [0.2, 0.25) is 0 Å². The molecule has 1 atom stereocenters. The number of nitrogens with zero attached hydrogens (tertiary/aromatic N) is 1. The van der Waals surface area contributed by atoms with Crippen LogP contribution < -0.4 is 14.4 Å². The number of aliphatic hydroxyl groups excluding tert-OH is 1. The maximum atomic E-state index is 14.2. The third kappa shape index (κ3) is 5.14. The fourth-order valence-electron chi connectivity index (χ4n) is 4.53. The third-order valence-corrected chi connectivity index (χ3v) is 6.52. The molecular formula is C31H32FNO5. The molecule has 0 saturated carbocycles. The molecule has 1 fully saturated rings. The molecule has 6 nitrogen and oxygen atoms in total. The van der Waals surface area contributed by atoms with Gasteiger partial charge < -0.3 is 14.6 Å². The molecule has 1 saturated heterocycles. The van der Waals surface area contributed by atoms with E-state index >= 15 is 0 Å². The second kappa shape index (κ2) is 10.7. The first kappa shape index (κ1) is 26.9. The number of carbonyl (C=O) groups excluding carboxylic acids is 2. The van der Waals surface area contributed by atoms with Gasteiger partial charge in [0.05, 0.1) is 30.9 Å². The Balaban J connectivity index is 1.94. The Labute approximate surface area is 222 Å². The fraction of sp³-hybridized carbons (Fsp3) is 0.290. The summed E-state index contributed by atoms with van der Waals surface area (Å²) in [4.78, 5) is 28.3. The summed E-state index contributed by atoms with van der Waals surface area (Å²) in [6.45, 7) is 8.76. The van der Waals surface area contributed by atoms with Gasteiger partial charge in [0, 0.05) is 11.8 Å². The molecule has 1 N–H and O–H groups in total. The topological polar surface area (TPSA) is 76.1 Å². The van der Waals surface area contributed by atoms with E-state index < -0.39 is 29.3 Å². The molecular weight excluding hydrogens is 485 g/mol. The van der Waals surface area contributed by atoms with Crippen molar-refractivity contribution < 1.29 is 28.6 Å². The summed E-state index contributed by atoms with van der Waals surface area (Å²) in [7, 11) is 1.38. The number of ketones is 1. The molecule has 1 aliphatic heterocycles. The van der Waals surface area contributed by atoms with Crippen molar-refractivity contribution in [3.05, 3.63) is 94.8 Å². The molecule has 0 spiro atoms. The minimum absolute atomic E-state index is 0.0122. The molecule has 1 unspecified atom stereocenters. The lowest BCUT2D eigenvalue weighted by Gasteiger charge is -2.27. The predicted molar refractivity (Wildman–Crippen MR) is 145 cm³/mol. The number of Topliss-reactive ketones (excluding diaryl/α,β-unsaturated/α-hetero) is 1. The van der Waals surface area contributed by atoms with Crippen LogP contribution >= 0.6 is 0 Å². The largest absolute Gasteiger partial charge is 0.507 e. The quantitative estimate of drug-likeness (QED) is 0.219. The van der Waals surface area contributed by atoms with Crippen LogP contribution in [0.5, 0.6) is 11.5 Å². The molecule has 3 aromatic carbocycles. The van der Waals surface area contributed by atoms with Crippen LogP contribution in [0, 0.1) is 5.82 Å². The van der Waals surface area contributed by atoms with Gasteiger partial charge in [0.2, 0.25) is 0 Å². The number of halogens is 1. The number of hydrogen-bond donors (Lipinski definition) is 1. The van der Waals surface area contributed by atoms with Crippen LogP contribution in [0.1, 0.15) is 56.8 Å². The Morgan fingerprint density at radius 1 is 1.03 bits per heavy atom. The average Bonchev–Trinajstić information content (AvgIpc) is 3.17. The summed E-state index contributed by atoms with van der Waals surface area (Å²) < 4.78 is 25.3. The zero-order valence-electron chi connectivity index (χ0n) is 22.2. The van der Waals surface area contributed by atoms with E-state index in [4.69, 9.17) is 9.47 Å². The SMILES string of the molecule is CCCOc1cccc(N2C(=O)C(=O)/C(=C(/O)c3cc(F)ccc3OC)C2c2ccc(C(C)(C)C)cc2)c1. The second-order valence-corrected chi connectivity index (χ2v) is 10.2. The lowest BCUT2D eigenvalue weighted by Crippen LogP contribution is -2.29. The van der Waals surface area contributed by atoms with Gasteiger partial charge in [-0.25, -0.2) is 4.39 Å². The van der Waals surface area contributed by atoms with Crippen LogP contribution in [-0.4, -0.2) is 30.5 Å². The van der Waals surface area contributed by atoms with Gasteiger partial charge in [-0.3, -0.25) is 14.5 Å². The summed E-state index contributed by atoms with van der Waals surface area (Å²) in [5.74, 6) is -2.08. The van der Waals surface area contributed by atoms with E-state index in [-0.39, 0.29) is 22.3 Å². The lowest BCUT2D eigenvalue weighted by atomic mass is 9.85. The second-order valence-electron chi connectivity index (χ2n) is 10.2. The summed E-state index contributed by atoms with van der Waals surface area (Å²) >= 11 is 0. The Bertz CT molecular complexity index is 1390. The molecule has 3 aromatic rings. The number of methoxy groups -OCH3 is 1. The van der Waals surface area contributed by atoms with Crippen molar-refractivity contribution in [1.29, 1.82) is 0 Å². The van der Waals surface area contributed by atoms with Crippen LogP contribution in [0.3, 0.4) is 0 Å². The molecule has 0 radical (unpaired) electrons. The van der Waals surface area contributed by atoms with Gasteiger partial charge in [0.15, 0.2) is 0 Å². The highest BCUT2D eigenvalue weighted by atomic mass is 19.1. The molecule has 4 rings (SSSR count). The number of amides is 1. The standard InChI is InChI=1S/C31H32FNO5/c1-6-16-38-23-9-7-8-22(18-23)33-27(19-10-12-20(13-11-19)31(2,3)4)26(29(35)30(33)36)28(34)24-17-21(32)14-15-25(24)37-5/h7-15,17-18,27,34H,6,16H2,1-5H3/b28-26+. The Morgan fingerprint density at radius 3 is 2.37 bits per heavy atom. The van der Waals surface area contributed by atoms with Crippen molar-refractivity contribution >= 4 is 23.1 Å². The van der Waals surface area contributed by atoms with Gasteiger partial charge in [-0.2, -0.15) is 0 Å². The highest BCUT2D eigenvalue weighted by Gasteiger charge is 2.47. The van der Waals surface area contributed by atoms with Crippen LogP contribution in [0.25, 0.3) is 5.76 Å². The molecule has 1 heterocycles. The summed E-state index contributed by atoms with van der Waals surface area (Å²) in [6, 6.07) is 17.2. The molecule has 198 valence electrons. The summed E-state index contributed by atoms with van der Waals surface area (Å²) in [5, 5.41) is 11.4. The van der Waals surface area contributed by atoms with Crippen LogP contribution in [-0.2, 0) is 15.0 Å². The number of carbonyl (C=O) groups is 2. The van der Waals surface area contributed by atoms with E-state index in [2.05, 4.69) is 20.8 Å². The van der Waals surface area contributed by atoms with E-state index in [0.717, 1.165) is 18.1 Å². The molecule has 7 heteroatoms. The van der Waals surface area contributed by atoms with Crippen molar-refractivity contribution in [3.8, 4) is 11.5 Å². The Kier molecular flexibility index (Phi) is 7.58. The van der Waals surface area contributed by atoms with E-state index in [1.165, 1.54) is 24.1 Å². The van der Waals surface area contributed by atoms with Crippen molar-refractivity contribution in [2.45, 2.75) is 45.6 Å². The van der Waals surface area contributed by atoms with E-state index in [9.17, 15) is 19.1 Å². The number of rotatable bonds is 7. The first-order chi connectivity index (χ1) is 18.1. The third-order valence-electron chi connectivity index (χ3n) is 6.52. The first-order valence-electron chi connectivity index (χ1n) is 12.5. The van der Waals surface area contributed by atoms with E-state index in [1.54, 1.807) is 24.3 Å². The van der Waals surface area contributed by atoms with Gasteiger partial charge in [0.25, 0.3) is 11.7 Å². The lowest BCUT2D eigenvalue weighted by molar-refractivity contribution is -0.132. The maximum Gasteiger partial charge on any atom is 0.300 e. The molecule has 1 amide bonds. The van der Waals surface area contributed by atoms with Crippen molar-refractivity contribution in [3.63, 3.8) is 0 Å². The van der Waals surface area contributed by atoms with Crippen molar-refractivity contribution in [1.82, 2.24) is 0 Å². The molecule has 0 bridgehead atoms. The zero-order valence-corrected chi connectivity index (χ0v) is 22.2. The summed E-state index contributed by atoms with van der Waals surface area (Å²) in [5.41, 5.74) is 1.86. The minimum atomic E-state index is -0.960. The number of ether oxygens (including phenoxy) is 2. The highest BCUT2D eigenvalue weighted by Crippen LogP contribution is 2.44. The van der Waals surface area contributed by atoms with Crippen molar-refractivity contribution in [2.75, 3.05) is 18.6 Å². The van der Waals surface area contributed by atoms with Gasteiger partial charge in [-0.05, 0) is 53.3 Å². The maximum absolute atomic E-state index is 14.2. The molecule has 0 aliphatic carbocycles. The zero-order chi connectivity index (χ0) is 27.6. The normalized spacial score (nSPS) is 17.1. The molecule has 0 aromatic heterocycles. The smallest absolute Gasteiger partial charge is 0.300 e. The van der Waals surface area contributed by atoms with Crippen molar-refractivity contribution in [2.24, 2.45) is 0 Å². The molecule has 38 heavy (non-hydrogen) atoms. The number of anilines is 1. The average molecular weight is 518 g/mol. The Morgan fingerprint density at radius 2 is 1.74 bits per heavy atom. The van der Waals surface area contributed by atoms with Gasteiger partial charge in [-0.15, -0.1) is 0 Å². The number of hydrogen-bond acceptors (Lipinski definition) is 5. The van der Waals surface area contributed by atoms with E-state index in [1.807, 2.05) is 31.2 Å². The predicted octanol–water partition coefficient (Wildman–Crippen LogP) is 6.55. The summed E-state index contributed by atoms with van der Waals surface area (Å²) in [6.07, 6.45) is 0.810. The van der Waals surface area contributed by atoms with Crippen LogP contribution in [0.15, 0.2) is 72.3 Å². The van der Waals surface area contributed by atoms with Gasteiger partial charge >= 0.3 is 0 Å². The minimum Gasteiger partial charge on any atom is -0.507 e.